The van der Waals surface area contributed by atoms with Crippen molar-refractivity contribution in [2.45, 2.75) is 19.4 Å². The van der Waals surface area contributed by atoms with Crippen LogP contribution in [0.2, 0.25) is 5.02 Å². The van der Waals surface area contributed by atoms with Crippen LogP contribution in [0, 0.1) is 0 Å². The Labute approximate surface area is 102 Å². The van der Waals surface area contributed by atoms with Gasteiger partial charge in [-0.3, -0.25) is 0 Å². The van der Waals surface area contributed by atoms with E-state index in [0.717, 1.165) is 13.0 Å². The molecule has 0 aromatic heterocycles. The first-order valence-electron chi connectivity index (χ1n) is 5.35. The van der Waals surface area contributed by atoms with Crippen LogP contribution >= 0.6 is 11.6 Å². The number of hydrogen-bond donors (Lipinski definition) is 1. The zero-order chi connectivity index (χ0) is 12.1. The number of nitrogens with zero attached hydrogens (tertiary/aromatic N) is 1. The molecule has 0 bridgehead atoms. The Morgan fingerprint density at radius 2 is 2.12 bits per heavy atom. The summed E-state index contributed by atoms with van der Waals surface area (Å²) < 4.78 is 5.74. The summed E-state index contributed by atoms with van der Waals surface area (Å²) in [6, 6.07) is 5.30. The number of anilines is 1. The molecular formula is C12H19ClN2O. The van der Waals surface area contributed by atoms with Crippen molar-refractivity contribution >= 4 is 17.3 Å². The first kappa shape index (κ1) is 13.1. The first-order valence-corrected chi connectivity index (χ1v) is 5.73. The Kier molecular flexibility index (Phi) is 4.90. The van der Waals surface area contributed by atoms with Crippen LogP contribution < -0.4 is 10.5 Å². The predicted molar refractivity (Wildman–Crippen MR) is 69.1 cm³/mol. The van der Waals surface area contributed by atoms with Crippen LogP contribution in [-0.4, -0.2) is 31.6 Å². The summed E-state index contributed by atoms with van der Waals surface area (Å²) in [5.41, 5.74) is 6.39. The molecule has 0 heterocycles. The number of nitrogen functional groups attached to an aromatic ring is 1. The minimum atomic E-state index is 0.144. The molecule has 1 rings (SSSR count). The van der Waals surface area contributed by atoms with Crippen molar-refractivity contribution in [2.75, 3.05) is 26.4 Å². The fourth-order valence-electron chi connectivity index (χ4n) is 1.34. The van der Waals surface area contributed by atoms with Crippen LogP contribution in [0.25, 0.3) is 0 Å². The lowest BCUT2D eigenvalue weighted by Gasteiger charge is -2.18. The van der Waals surface area contributed by atoms with E-state index in [0.29, 0.717) is 16.5 Å². The maximum Gasteiger partial charge on any atom is 0.142 e. The van der Waals surface area contributed by atoms with Gasteiger partial charge in [0.25, 0.3) is 0 Å². The van der Waals surface area contributed by atoms with Gasteiger partial charge in [-0.1, -0.05) is 11.6 Å². The molecule has 16 heavy (non-hydrogen) atoms. The van der Waals surface area contributed by atoms with Gasteiger partial charge in [0.05, 0.1) is 11.8 Å². The van der Waals surface area contributed by atoms with E-state index in [-0.39, 0.29) is 6.10 Å². The molecule has 2 N–H and O–H groups in total. The van der Waals surface area contributed by atoms with E-state index in [4.69, 9.17) is 22.1 Å². The number of halogens is 1. The quantitative estimate of drug-likeness (QED) is 0.807. The average molecular weight is 243 g/mol. The molecule has 0 fully saturated rings. The van der Waals surface area contributed by atoms with Gasteiger partial charge in [-0.05, 0) is 45.6 Å². The highest BCUT2D eigenvalue weighted by Crippen LogP contribution is 2.26. The molecule has 0 saturated carbocycles. The highest BCUT2D eigenvalue weighted by Gasteiger charge is 2.07. The van der Waals surface area contributed by atoms with Crippen LogP contribution in [0.1, 0.15) is 13.3 Å². The second kappa shape index (κ2) is 5.97. The Morgan fingerprint density at radius 3 is 2.69 bits per heavy atom. The predicted octanol–water partition coefficient (Wildman–Crippen LogP) is 2.64. The fourth-order valence-corrected chi connectivity index (χ4v) is 1.52. The first-order chi connectivity index (χ1) is 7.49. The lowest BCUT2D eigenvalue weighted by atomic mass is 10.2. The summed E-state index contributed by atoms with van der Waals surface area (Å²) in [5, 5.41) is 0.630. The Balaban J connectivity index is 2.52. The smallest absolute Gasteiger partial charge is 0.142 e. The molecule has 1 aromatic carbocycles. The van der Waals surface area contributed by atoms with E-state index in [2.05, 4.69) is 4.90 Å². The maximum atomic E-state index is 5.81. The van der Waals surface area contributed by atoms with Crippen LogP contribution in [0.15, 0.2) is 18.2 Å². The van der Waals surface area contributed by atoms with Crippen molar-refractivity contribution in [1.29, 1.82) is 0 Å². The Morgan fingerprint density at radius 1 is 1.44 bits per heavy atom. The molecule has 0 aliphatic rings. The number of rotatable bonds is 5. The Bertz CT molecular complexity index is 342. The zero-order valence-electron chi connectivity index (χ0n) is 10.0. The van der Waals surface area contributed by atoms with Gasteiger partial charge in [0, 0.05) is 11.6 Å². The van der Waals surface area contributed by atoms with Crippen molar-refractivity contribution in [3.63, 3.8) is 0 Å². The third-order valence-electron chi connectivity index (χ3n) is 2.28. The summed E-state index contributed by atoms with van der Waals surface area (Å²) in [6.07, 6.45) is 1.11. The number of benzene rings is 1. The van der Waals surface area contributed by atoms with E-state index in [1.165, 1.54) is 0 Å². The van der Waals surface area contributed by atoms with Crippen LogP contribution in [0.4, 0.5) is 5.69 Å². The van der Waals surface area contributed by atoms with Gasteiger partial charge in [0.2, 0.25) is 0 Å². The highest BCUT2D eigenvalue weighted by atomic mass is 35.5. The van der Waals surface area contributed by atoms with Crippen LogP contribution in [0.3, 0.4) is 0 Å². The van der Waals surface area contributed by atoms with Crippen molar-refractivity contribution in [2.24, 2.45) is 0 Å². The molecule has 0 aliphatic carbocycles. The van der Waals surface area contributed by atoms with Crippen molar-refractivity contribution < 1.29 is 4.74 Å². The minimum Gasteiger partial charge on any atom is -0.489 e. The molecule has 1 atom stereocenters. The summed E-state index contributed by atoms with van der Waals surface area (Å²) in [4.78, 5) is 2.13. The van der Waals surface area contributed by atoms with E-state index < -0.39 is 0 Å². The fraction of sp³-hybridized carbons (Fsp3) is 0.500. The largest absolute Gasteiger partial charge is 0.489 e. The number of nitrogens with two attached hydrogens (primary N) is 1. The van der Waals surface area contributed by atoms with Gasteiger partial charge in [0.15, 0.2) is 0 Å². The van der Waals surface area contributed by atoms with E-state index in [9.17, 15) is 0 Å². The normalized spacial score (nSPS) is 12.8. The lowest BCUT2D eigenvalue weighted by Crippen LogP contribution is -2.21. The van der Waals surface area contributed by atoms with Crippen molar-refractivity contribution in [1.82, 2.24) is 4.90 Å². The number of hydrogen-bond acceptors (Lipinski definition) is 3. The molecule has 0 radical (unpaired) electrons. The lowest BCUT2D eigenvalue weighted by molar-refractivity contribution is 0.195. The minimum absolute atomic E-state index is 0.144. The maximum absolute atomic E-state index is 5.81. The molecule has 4 heteroatoms. The van der Waals surface area contributed by atoms with E-state index >= 15 is 0 Å². The summed E-state index contributed by atoms with van der Waals surface area (Å²) in [6.45, 7) is 3.03. The van der Waals surface area contributed by atoms with Crippen LogP contribution in [-0.2, 0) is 0 Å². The van der Waals surface area contributed by atoms with Gasteiger partial charge >= 0.3 is 0 Å². The second-order valence-electron chi connectivity index (χ2n) is 4.20. The monoisotopic (exact) mass is 242 g/mol. The highest BCUT2D eigenvalue weighted by molar-refractivity contribution is 6.30. The molecule has 90 valence electrons. The molecule has 0 aliphatic heterocycles. The van der Waals surface area contributed by atoms with Gasteiger partial charge in [0.1, 0.15) is 5.75 Å². The van der Waals surface area contributed by atoms with E-state index in [1.807, 2.05) is 27.1 Å². The average Bonchev–Trinajstić information content (AvgIpc) is 2.19. The van der Waals surface area contributed by atoms with Crippen molar-refractivity contribution in [3.8, 4) is 5.75 Å². The second-order valence-corrected chi connectivity index (χ2v) is 4.64. The summed E-state index contributed by atoms with van der Waals surface area (Å²) >= 11 is 5.81. The molecular weight excluding hydrogens is 224 g/mol. The van der Waals surface area contributed by atoms with Gasteiger partial charge in [-0.15, -0.1) is 0 Å². The third-order valence-corrected chi connectivity index (χ3v) is 2.52. The molecule has 3 nitrogen and oxygen atoms in total. The third kappa shape index (κ3) is 4.29. The molecule has 0 amide bonds. The van der Waals surface area contributed by atoms with Gasteiger partial charge in [-0.2, -0.15) is 0 Å². The molecule has 1 aromatic rings. The SMILES string of the molecule is CC(CCN(C)C)Oc1ccc(Cl)cc1N. The van der Waals surface area contributed by atoms with E-state index in [1.54, 1.807) is 12.1 Å². The zero-order valence-corrected chi connectivity index (χ0v) is 10.8. The molecule has 1 unspecified atom stereocenters. The van der Waals surface area contributed by atoms with Crippen molar-refractivity contribution in [3.05, 3.63) is 23.2 Å². The number of ether oxygens (including phenoxy) is 1. The van der Waals surface area contributed by atoms with Crippen LogP contribution in [0.5, 0.6) is 5.75 Å². The summed E-state index contributed by atoms with van der Waals surface area (Å²) in [5.74, 6) is 0.704. The molecule has 0 spiro atoms. The molecule has 0 saturated heterocycles. The van der Waals surface area contributed by atoms with Gasteiger partial charge in [-0.25, -0.2) is 0 Å². The topological polar surface area (TPSA) is 38.5 Å². The van der Waals surface area contributed by atoms with Gasteiger partial charge < -0.3 is 15.4 Å². The standard InChI is InChI=1S/C12H19ClN2O/c1-9(6-7-15(2)3)16-12-5-4-10(13)8-11(12)14/h4-5,8-9H,6-7,14H2,1-3H3. The Hall–Kier alpha value is -0.930. The summed E-state index contributed by atoms with van der Waals surface area (Å²) in [7, 11) is 4.09.